The van der Waals surface area contributed by atoms with Gasteiger partial charge in [-0.05, 0) is 35.7 Å². The summed E-state index contributed by atoms with van der Waals surface area (Å²) in [5.74, 6) is 0.0983. The Labute approximate surface area is 127 Å². The van der Waals surface area contributed by atoms with Gasteiger partial charge in [-0.15, -0.1) is 11.8 Å². The van der Waals surface area contributed by atoms with Crippen molar-refractivity contribution < 1.29 is 4.79 Å². The van der Waals surface area contributed by atoms with Crippen LogP contribution in [0.3, 0.4) is 0 Å². The molecular weight excluding hydrogens is 290 g/mol. The van der Waals surface area contributed by atoms with Gasteiger partial charge in [0.05, 0.1) is 5.25 Å². The lowest BCUT2D eigenvalue weighted by Gasteiger charge is -2.10. The number of hydrogen-bond donors (Lipinski definition) is 1. The molecule has 0 aromatic heterocycles. The Balaban J connectivity index is 1.57. The molecule has 1 heterocycles. The summed E-state index contributed by atoms with van der Waals surface area (Å²) in [6, 6.07) is 15.7. The third kappa shape index (κ3) is 3.00. The highest BCUT2D eigenvalue weighted by molar-refractivity contribution is 8.01. The van der Waals surface area contributed by atoms with Crippen LogP contribution < -0.4 is 5.32 Å². The molecule has 0 aliphatic carbocycles. The monoisotopic (exact) mass is 303 g/mol. The van der Waals surface area contributed by atoms with Gasteiger partial charge >= 0.3 is 0 Å². The fourth-order valence-corrected chi connectivity index (χ4v) is 3.58. The number of hydrogen-bond acceptors (Lipinski definition) is 2. The predicted molar refractivity (Wildman–Crippen MR) is 83.1 cm³/mol. The van der Waals surface area contributed by atoms with Crippen LogP contribution in [0.4, 0.5) is 0 Å². The van der Waals surface area contributed by atoms with Crippen molar-refractivity contribution in [1.29, 1.82) is 0 Å². The van der Waals surface area contributed by atoms with E-state index in [1.165, 1.54) is 10.5 Å². The smallest absolute Gasteiger partial charge is 0.234 e. The van der Waals surface area contributed by atoms with E-state index in [0.717, 1.165) is 12.0 Å². The van der Waals surface area contributed by atoms with E-state index in [4.69, 9.17) is 11.6 Å². The first-order valence-electron chi connectivity index (χ1n) is 6.49. The highest BCUT2D eigenvalue weighted by atomic mass is 35.5. The Morgan fingerprint density at radius 3 is 2.70 bits per heavy atom. The summed E-state index contributed by atoms with van der Waals surface area (Å²) in [7, 11) is 0. The zero-order valence-corrected chi connectivity index (χ0v) is 12.4. The second kappa shape index (κ2) is 5.90. The second-order valence-electron chi connectivity index (χ2n) is 4.76. The summed E-state index contributed by atoms with van der Waals surface area (Å²) < 4.78 is 0. The molecule has 1 atom stereocenters. The van der Waals surface area contributed by atoms with Crippen LogP contribution in [-0.4, -0.2) is 11.2 Å². The summed E-state index contributed by atoms with van der Waals surface area (Å²) >= 11 is 7.49. The standard InChI is InChI=1S/C16H14ClNOS/c17-13-7-5-11(6-8-13)10-18-16(19)15-9-12-3-1-2-4-14(12)20-15/h1-8,15H,9-10H2,(H,18,19)/t15-/m1/s1. The minimum absolute atomic E-state index is 0.0142. The van der Waals surface area contributed by atoms with Gasteiger partial charge in [0, 0.05) is 16.5 Å². The third-order valence-corrected chi connectivity index (χ3v) is 4.89. The molecule has 1 aliphatic rings. The fourth-order valence-electron chi connectivity index (χ4n) is 2.23. The van der Waals surface area contributed by atoms with Crippen molar-refractivity contribution in [1.82, 2.24) is 5.32 Å². The van der Waals surface area contributed by atoms with Gasteiger partial charge in [0.25, 0.3) is 0 Å². The number of thioether (sulfide) groups is 1. The number of rotatable bonds is 3. The molecule has 1 amide bonds. The van der Waals surface area contributed by atoms with Gasteiger partial charge in [-0.25, -0.2) is 0 Å². The van der Waals surface area contributed by atoms with Gasteiger partial charge in [-0.2, -0.15) is 0 Å². The van der Waals surface area contributed by atoms with E-state index in [9.17, 15) is 4.79 Å². The quantitative estimate of drug-likeness (QED) is 0.937. The molecule has 3 rings (SSSR count). The van der Waals surface area contributed by atoms with E-state index in [0.29, 0.717) is 11.6 Å². The van der Waals surface area contributed by atoms with Gasteiger partial charge < -0.3 is 5.32 Å². The molecule has 0 bridgehead atoms. The number of halogens is 1. The van der Waals surface area contributed by atoms with Crippen LogP contribution in [0.15, 0.2) is 53.4 Å². The van der Waals surface area contributed by atoms with E-state index in [2.05, 4.69) is 17.4 Å². The van der Waals surface area contributed by atoms with Crippen LogP contribution in [0.2, 0.25) is 5.02 Å². The second-order valence-corrected chi connectivity index (χ2v) is 6.44. The Morgan fingerprint density at radius 2 is 1.95 bits per heavy atom. The lowest BCUT2D eigenvalue weighted by atomic mass is 10.1. The van der Waals surface area contributed by atoms with E-state index >= 15 is 0 Å². The average molecular weight is 304 g/mol. The molecule has 0 saturated carbocycles. The lowest BCUT2D eigenvalue weighted by molar-refractivity contribution is -0.120. The molecular formula is C16H14ClNOS. The minimum atomic E-state index is -0.0142. The molecule has 0 fully saturated rings. The van der Waals surface area contributed by atoms with Crippen molar-refractivity contribution in [2.45, 2.75) is 23.1 Å². The summed E-state index contributed by atoms with van der Waals surface area (Å²) in [4.78, 5) is 13.4. The van der Waals surface area contributed by atoms with Crippen molar-refractivity contribution in [3.63, 3.8) is 0 Å². The fraction of sp³-hybridized carbons (Fsp3) is 0.188. The molecule has 4 heteroatoms. The highest BCUT2D eigenvalue weighted by Crippen LogP contribution is 2.36. The van der Waals surface area contributed by atoms with E-state index in [1.54, 1.807) is 11.8 Å². The molecule has 1 aliphatic heterocycles. The number of nitrogens with one attached hydrogen (secondary N) is 1. The van der Waals surface area contributed by atoms with Gasteiger partial charge in [0.1, 0.15) is 0 Å². The Morgan fingerprint density at radius 1 is 1.20 bits per heavy atom. The van der Waals surface area contributed by atoms with Crippen LogP contribution >= 0.6 is 23.4 Å². The molecule has 0 unspecified atom stereocenters. The maximum atomic E-state index is 12.2. The van der Waals surface area contributed by atoms with Crippen LogP contribution in [0.25, 0.3) is 0 Å². The first-order chi connectivity index (χ1) is 9.72. The maximum Gasteiger partial charge on any atom is 0.234 e. The topological polar surface area (TPSA) is 29.1 Å². The SMILES string of the molecule is O=C(NCc1ccc(Cl)cc1)[C@H]1Cc2ccccc2S1. The first kappa shape index (κ1) is 13.5. The zero-order valence-electron chi connectivity index (χ0n) is 10.8. The van der Waals surface area contributed by atoms with Crippen molar-refractivity contribution in [2.75, 3.05) is 0 Å². The summed E-state index contributed by atoms with van der Waals surface area (Å²) in [6.45, 7) is 0.545. The number of carbonyl (C=O) groups excluding carboxylic acids is 1. The molecule has 102 valence electrons. The third-order valence-electron chi connectivity index (χ3n) is 3.32. The molecule has 0 radical (unpaired) electrons. The molecule has 0 spiro atoms. The number of fused-ring (bicyclic) bond motifs is 1. The van der Waals surface area contributed by atoms with Gasteiger partial charge in [-0.3, -0.25) is 4.79 Å². The lowest BCUT2D eigenvalue weighted by Crippen LogP contribution is -2.31. The summed E-state index contributed by atoms with van der Waals surface area (Å²) in [5, 5.41) is 3.69. The Hall–Kier alpha value is -1.45. The highest BCUT2D eigenvalue weighted by Gasteiger charge is 2.27. The summed E-state index contributed by atoms with van der Waals surface area (Å²) in [5.41, 5.74) is 2.33. The normalized spacial score (nSPS) is 16.8. The largest absolute Gasteiger partial charge is 0.351 e. The molecule has 20 heavy (non-hydrogen) atoms. The molecule has 1 N–H and O–H groups in total. The van der Waals surface area contributed by atoms with Crippen LogP contribution in [0, 0.1) is 0 Å². The van der Waals surface area contributed by atoms with Gasteiger partial charge in [0.2, 0.25) is 5.91 Å². The number of amides is 1. The van der Waals surface area contributed by atoms with Gasteiger partial charge in [-0.1, -0.05) is 41.9 Å². The molecule has 2 aromatic rings. The Kier molecular flexibility index (Phi) is 3.99. The number of carbonyl (C=O) groups is 1. The van der Waals surface area contributed by atoms with E-state index < -0.39 is 0 Å². The minimum Gasteiger partial charge on any atom is -0.351 e. The van der Waals surface area contributed by atoms with E-state index in [-0.39, 0.29) is 11.2 Å². The van der Waals surface area contributed by atoms with Gasteiger partial charge in [0.15, 0.2) is 0 Å². The van der Waals surface area contributed by atoms with Crippen LogP contribution in [0.1, 0.15) is 11.1 Å². The average Bonchev–Trinajstić information content (AvgIpc) is 2.90. The molecule has 2 aromatic carbocycles. The van der Waals surface area contributed by atoms with Crippen molar-refractivity contribution >= 4 is 29.3 Å². The van der Waals surface area contributed by atoms with E-state index in [1.807, 2.05) is 36.4 Å². The molecule has 0 saturated heterocycles. The zero-order chi connectivity index (χ0) is 13.9. The van der Waals surface area contributed by atoms with Crippen LogP contribution in [-0.2, 0) is 17.8 Å². The van der Waals surface area contributed by atoms with Crippen molar-refractivity contribution in [2.24, 2.45) is 0 Å². The number of benzene rings is 2. The van der Waals surface area contributed by atoms with Crippen molar-refractivity contribution in [3.05, 3.63) is 64.7 Å². The van der Waals surface area contributed by atoms with Crippen LogP contribution in [0.5, 0.6) is 0 Å². The summed E-state index contributed by atoms with van der Waals surface area (Å²) in [6.07, 6.45) is 0.813. The first-order valence-corrected chi connectivity index (χ1v) is 7.75. The predicted octanol–water partition coefficient (Wildman–Crippen LogP) is 3.67. The van der Waals surface area contributed by atoms with Crippen molar-refractivity contribution in [3.8, 4) is 0 Å². The Bertz CT molecular complexity index is 602. The molecule has 2 nitrogen and oxygen atoms in total. The maximum absolute atomic E-state index is 12.2.